The summed E-state index contributed by atoms with van der Waals surface area (Å²) in [4.78, 5) is 34.7. The first-order chi connectivity index (χ1) is 16.4. The van der Waals surface area contributed by atoms with Gasteiger partial charge in [0, 0.05) is 4.88 Å². The van der Waals surface area contributed by atoms with Gasteiger partial charge in [-0.2, -0.15) is 0 Å². The van der Waals surface area contributed by atoms with Gasteiger partial charge in [0.2, 0.25) is 5.76 Å². The van der Waals surface area contributed by atoms with Crippen LogP contribution >= 0.6 is 11.3 Å². The second kappa shape index (κ2) is 8.72. The molecule has 1 unspecified atom stereocenters. The minimum atomic E-state index is -0.650. The maximum absolute atomic E-state index is 13.8. The van der Waals surface area contributed by atoms with Gasteiger partial charge in [-0.25, -0.2) is 4.98 Å². The zero-order chi connectivity index (χ0) is 24.0. The molecule has 1 aliphatic rings. The predicted molar refractivity (Wildman–Crippen MR) is 134 cm³/mol. The number of benzene rings is 2. The third kappa shape index (κ3) is 3.70. The zero-order valence-corrected chi connectivity index (χ0v) is 20.5. The van der Waals surface area contributed by atoms with E-state index >= 15 is 0 Å². The first kappa shape index (κ1) is 22.3. The number of rotatable bonds is 6. The van der Waals surface area contributed by atoms with Crippen LogP contribution in [0.3, 0.4) is 0 Å². The van der Waals surface area contributed by atoms with Gasteiger partial charge in [-0.15, -0.1) is 11.3 Å². The van der Waals surface area contributed by atoms with Crippen LogP contribution in [0.2, 0.25) is 0 Å². The van der Waals surface area contributed by atoms with Gasteiger partial charge < -0.3 is 9.15 Å². The molecule has 2 aromatic carbocycles. The van der Waals surface area contributed by atoms with E-state index in [-0.39, 0.29) is 17.1 Å². The van der Waals surface area contributed by atoms with Gasteiger partial charge >= 0.3 is 0 Å². The number of hydrogen-bond donors (Lipinski definition) is 0. The Balaban J connectivity index is 1.72. The topological polar surface area (TPSA) is 72.6 Å². The maximum Gasteiger partial charge on any atom is 0.297 e. The number of hydrogen-bond acceptors (Lipinski definition) is 6. The van der Waals surface area contributed by atoms with Crippen molar-refractivity contribution in [2.24, 2.45) is 0 Å². The van der Waals surface area contributed by atoms with Gasteiger partial charge in [0.15, 0.2) is 10.6 Å². The van der Waals surface area contributed by atoms with Crippen LogP contribution in [-0.4, -0.2) is 17.5 Å². The summed E-state index contributed by atoms with van der Waals surface area (Å²) in [6, 6.07) is 12.4. The van der Waals surface area contributed by atoms with Crippen LogP contribution in [0.1, 0.15) is 63.6 Å². The monoisotopic (exact) mass is 474 g/mol. The lowest BCUT2D eigenvalue weighted by Crippen LogP contribution is -2.29. The summed E-state index contributed by atoms with van der Waals surface area (Å²) in [5, 5.41) is 1.02. The summed E-state index contributed by atoms with van der Waals surface area (Å²) in [5.74, 6) is 0.430. The molecule has 6 nitrogen and oxygen atoms in total. The smallest absolute Gasteiger partial charge is 0.297 e. The zero-order valence-electron chi connectivity index (χ0n) is 19.7. The van der Waals surface area contributed by atoms with Gasteiger partial charge in [0.25, 0.3) is 5.91 Å². The molecule has 2 aromatic heterocycles. The van der Waals surface area contributed by atoms with E-state index in [1.807, 2.05) is 57.2 Å². The molecule has 0 radical (unpaired) electrons. The Morgan fingerprint density at radius 3 is 2.68 bits per heavy atom. The standard InChI is InChI=1S/C27H26N2O4S/c1-5-6-12-32-19-9-7-8-18(14-19)23-22-24(30)20-13-15(2)10-11-21(20)33-25(22)26(31)29(23)27-28-16(3)17(4)34-27/h7-11,13-14,23H,5-6,12H2,1-4H3. The first-order valence-electron chi connectivity index (χ1n) is 11.5. The van der Waals surface area contributed by atoms with Crippen LogP contribution < -0.4 is 15.1 Å². The molecule has 4 aromatic rings. The lowest BCUT2D eigenvalue weighted by Gasteiger charge is -2.23. The number of ether oxygens (including phenoxy) is 1. The van der Waals surface area contributed by atoms with Gasteiger partial charge in [-0.1, -0.05) is 37.1 Å². The number of aryl methyl sites for hydroxylation is 3. The SMILES string of the molecule is CCCCOc1cccc(C2c3c(oc4ccc(C)cc4c3=O)C(=O)N2c2nc(C)c(C)s2)c1. The van der Waals surface area contributed by atoms with Crippen molar-refractivity contribution in [2.75, 3.05) is 11.5 Å². The van der Waals surface area contributed by atoms with E-state index in [0.717, 1.165) is 34.5 Å². The predicted octanol–water partition coefficient (Wildman–Crippen LogP) is 6.10. The minimum Gasteiger partial charge on any atom is -0.494 e. The van der Waals surface area contributed by atoms with Crippen molar-refractivity contribution in [1.29, 1.82) is 0 Å². The van der Waals surface area contributed by atoms with E-state index in [4.69, 9.17) is 9.15 Å². The number of anilines is 1. The summed E-state index contributed by atoms with van der Waals surface area (Å²) >= 11 is 1.44. The van der Waals surface area contributed by atoms with Crippen molar-refractivity contribution < 1.29 is 13.9 Å². The second-order valence-corrected chi connectivity index (χ2v) is 9.85. The lowest BCUT2D eigenvalue weighted by atomic mass is 9.98. The number of carbonyl (C=O) groups is 1. The Morgan fingerprint density at radius 1 is 1.12 bits per heavy atom. The molecule has 0 saturated heterocycles. The fourth-order valence-corrected chi connectivity index (χ4v) is 5.20. The Hall–Kier alpha value is -3.45. The molecule has 34 heavy (non-hydrogen) atoms. The molecule has 1 aliphatic heterocycles. The van der Waals surface area contributed by atoms with E-state index in [1.165, 1.54) is 11.3 Å². The van der Waals surface area contributed by atoms with E-state index in [1.54, 1.807) is 11.0 Å². The number of aromatic nitrogens is 1. The van der Waals surface area contributed by atoms with Gasteiger partial charge in [0.1, 0.15) is 11.3 Å². The van der Waals surface area contributed by atoms with Crippen LogP contribution in [0.15, 0.2) is 51.7 Å². The highest BCUT2D eigenvalue weighted by molar-refractivity contribution is 7.15. The molecule has 0 saturated carbocycles. The number of nitrogens with zero attached hydrogens (tertiary/aromatic N) is 2. The highest BCUT2D eigenvalue weighted by atomic mass is 32.1. The first-order valence-corrected chi connectivity index (χ1v) is 12.3. The van der Waals surface area contributed by atoms with Crippen molar-refractivity contribution in [3.8, 4) is 5.75 Å². The van der Waals surface area contributed by atoms with Crippen molar-refractivity contribution in [3.63, 3.8) is 0 Å². The van der Waals surface area contributed by atoms with Gasteiger partial charge in [-0.05, 0) is 57.0 Å². The summed E-state index contributed by atoms with van der Waals surface area (Å²) in [5.41, 5.74) is 3.16. The molecular weight excluding hydrogens is 448 g/mol. The Bertz CT molecular complexity index is 1450. The molecule has 0 spiro atoms. The molecule has 1 atom stereocenters. The largest absolute Gasteiger partial charge is 0.494 e. The quantitative estimate of drug-likeness (QED) is 0.316. The van der Waals surface area contributed by atoms with Gasteiger partial charge in [-0.3, -0.25) is 14.5 Å². The molecule has 5 rings (SSSR count). The molecule has 0 aliphatic carbocycles. The molecule has 174 valence electrons. The van der Waals surface area contributed by atoms with Crippen LogP contribution in [0.25, 0.3) is 11.0 Å². The highest BCUT2D eigenvalue weighted by Crippen LogP contribution is 2.43. The summed E-state index contributed by atoms with van der Waals surface area (Å²) in [6.07, 6.45) is 1.99. The number of thiazole rings is 1. The maximum atomic E-state index is 13.8. The summed E-state index contributed by atoms with van der Waals surface area (Å²) in [6.45, 7) is 8.55. The Labute approximate surface area is 201 Å². The average molecular weight is 475 g/mol. The summed E-state index contributed by atoms with van der Waals surface area (Å²) < 4.78 is 12.0. The van der Waals surface area contributed by atoms with Crippen LogP contribution in [0.4, 0.5) is 5.13 Å². The van der Waals surface area contributed by atoms with E-state index in [2.05, 4.69) is 11.9 Å². The number of amides is 1. The van der Waals surface area contributed by atoms with Crippen molar-refractivity contribution >= 4 is 33.3 Å². The third-order valence-corrected chi connectivity index (χ3v) is 7.26. The number of unbranched alkanes of at least 4 members (excludes halogenated alkanes) is 1. The number of carbonyl (C=O) groups excluding carboxylic acids is 1. The van der Waals surface area contributed by atoms with Crippen LogP contribution in [-0.2, 0) is 0 Å². The van der Waals surface area contributed by atoms with E-state index < -0.39 is 6.04 Å². The molecule has 7 heteroatoms. The van der Waals surface area contributed by atoms with E-state index in [9.17, 15) is 9.59 Å². The van der Waals surface area contributed by atoms with Crippen LogP contribution in [0, 0.1) is 20.8 Å². The fourth-order valence-electron chi connectivity index (χ4n) is 4.27. The fraction of sp³-hybridized carbons (Fsp3) is 0.296. The normalized spacial score (nSPS) is 15.2. The molecule has 1 amide bonds. The Kier molecular flexibility index (Phi) is 5.73. The number of fused-ring (bicyclic) bond motifs is 2. The van der Waals surface area contributed by atoms with Crippen molar-refractivity contribution in [3.05, 3.63) is 85.7 Å². The average Bonchev–Trinajstić information content (AvgIpc) is 3.30. The highest BCUT2D eigenvalue weighted by Gasteiger charge is 2.45. The minimum absolute atomic E-state index is 0.0779. The second-order valence-electron chi connectivity index (χ2n) is 8.66. The van der Waals surface area contributed by atoms with Crippen LogP contribution in [0.5, 0.6) is 5.75 Å². The van der Waals surface area contributed by atoms with Crippen molar-refractivity contribution in [1.82, 2.24) is 4.98 Å². The third-order valence-electron chi connectivity index (χ3n) is 6.19. The van der Waals surface area contributed by atoms with E-state index in [0.29, 0.717) is 34.0 Å². The molecule has 3 heterocycles. The molecule has 0 bridgehead atoms. The lowest BCUT2D eigenvalue weighted by molar-refractivity contribution is 0.0971. The van der Waals surface area contributed by atoms with Crippen molar-refractivity contribution in [2.45, 2.75) is 46.6 Å². The molecular formula is C27H26N2O4S. The Morgan fingerprint density at radius 2 is 1.94 bits per heavy atom. The molecule has 0 N–H and O–H groups in total. The summed E-state index contributed by atoms with van der Waals surface area (Å²) in [7, 11) is 0. The van der Waals surface area contributed by atoms with Gasteiger partial charge in [0.05, 0.1) is 29.3 Å². The molecule has 0 fully saturated rings.